The molecule has 1 aromatic heterocycles. The molecule has 3 heteroatoms. The highest BCUT2D eigenvalue weighted by atomic mass is 16.5. The van der Waals surface area contributed by atoms with E-state index in [4.69, 9.17) is 9.72 Å². The molecule has 0 aliphatic heterocycles. The predicted molar refractivity (Wildman–Crippen MR) is 103 cm³/mol. The van der Waals surface area contributed by atoms with Gasteiger partial charge in [-0.3, -0.25) is 0 Å². The van der Waals surface area contributed by atoms with E-state index in [1.807, 2.05) is 24.3 Å². The first-order chi connectivity index (χ1) is 12.3. The Labute approximate surface area is 151 Å². The van der Waals surface area contributed by atoms with E-state index >= 15 is 0 Å². The minimum atomic E-state index is 0.824. The Morgan fingerprint density at radius 3 is 2.64 bits per heavy atom. The van der Waals surface area contributed by atoms with Gasteiger partial charge in [-0.25, -0.2) is 9.97 Å². The molecule has 0 bridgehead atoms. The van der Waals surface area contributed by atoms with E-state index < -0.39 is 0 Å². The van der Waals surface area contributed by atoms with Crippen LogP contribution in [0, 0.1) is 5.92 Å². The molecule has 0 N–H and O–H groups in total. The number of hydrogen-bond acceptors (Lipinski definition) is 3. The number of hydrogen-bond donors (Lipinski definition) is 0. The molecule has 0 saturated carbocycles. The highest BCUT2D eigenvalue weighted by Gasteiger charge is 2.20. The van der Waals surface area contributed by atoms with E-state index in [1.54, 1.807) is 7.11 Å². The van der Waals surface area contributed by atoms with Crippen LogP contribution in [-0.4, -0.2) is 17.1 Å². The van der Waals surface area contributed by atoms with Crippen molar-refractivity contribution in [3.05, 3.63) is 41.7 Å². The van der Waals surface area contributed by atoms with E-state index in [-0.39, 0.29) is 0 Å². The van der Waals surface area contributed by atoms with E-state index in [1.165, 1.54) is 56.2 Å². The van der Waals surface area contributed by atoms with Crippen molar-refractivity contribution >= 4 is 0 Å². The fourth-order valence-corrected chi connectivity index (χ4v) is 3.75. The molecule has 0 radical (unpaired) electrons. The molecule has 0 amide bonds. The summed E-state index contributed by atoms with van der Waals surface area (Å²) in [5, 5.41) is 0. The number of fused-ring (bicyclic) bond motifs is 1. The molecule has 0 spiro atoms. The molecule has 3 rings (SSSR count). The highest BCUT2D eigenvalue weighted by Crippen LogP contribution is 2.29. The van der Waals surface area contributed by atoms with Gasteiger partial charge in [0, 0.05) is 17.5 Å². The number of rotatable bonds is 8. The number of aromatic nitrogens is 2. The third-order valence-electron chi connectivity index (χ3n) is 5.32. The largest absolute Gasteiger partial charge is 0.497 e. The number of aryl methyl sites for hydroxylation is 1. The molecule has 2 aromatic rings. The molecular weight excluding hydrogens is 308 g/mol. The lowest BCUT2D eigenvalue weighted by Gasteiger charge is -2.24. The van der Waals surface area contributed by atoms with E-state index in [9.17, 15) is 0 Å². The molecule has 0 fully saturated rings. The Morgan fingerprint density at radius 2 is 1.88 bits per heavy atom. The van der Waals surface area contributed by atoms with E-state index in [0.29, 0.717) is 0 Å². The first kappa shape index (κ1) is 17.9. The van der Waals surface area contributed by atoms with Gasteiger partial charge in [-0.1, -0.05) is 45.4 Å². The second-order valence-electron chi connectivity index (χ2n) is 7.21. The standard InChI is InChI=1S/C22H30N2O/c1-3-4-5-6-7-8-17-9-14-21-19(15-17)16-23-22(24-21)18-10-12-20(25-2)13-11-18/h10-13,16-17H,3-9,14-15H2,1-2H3. The van der Waals surface area contributed by atoms with Gasteiger partial charge in [-0.15, -0.1) is 0 Å². The monoisotopic (exact) mass is 338 g/mol. The maximum Gasteiger partial charge on any atom is 0.159 e. The number of benzene rings is 1. The van der Waals surface area contributed by atoms with Crippen molar-refractivity contribution in [2.75, 3.05) is 7.11 Å². The van der Waals surface area contributed by atoms with Gasteiger partial charge in [0.05, 0.1) is 7.11 Å². The molecule has 1 unspecified atom stereocenters. The molecule has 0 saturated heterocycles. The van der Waals surface area contributed by atoms with Gasteiger partial charge in [0.1, 0.15) is 5.75 Å². The van der Waals surface area contributed by atoms with Crippen LogP contribution in [0.5, 0.6) is 5.75 Å². The van der Waals surface area contributed by atoms with Crippen molar-refractivity contribution in [1.82, 2.24) is 9.97 Å². The molecule has 25 heavy (non-hydrogen) atoms. The fraction of sp³-hybridized carbons (Fsp3) is 0.545. The summed E-state index contributed by atoms with van der Waals surface area (Å²) in [7, 11) is 1.69. The van der Waals surface area contributed by atoms with Crippen LogP contribution in [0.1, 0.15) is 63.1 Å². The van der Waals surface area contributed by atoms with Crippen molar-refractivity contribution in [2.24, 2.45) is 5.92 Å². The Balaban J connectivity index is 1.59. The van der Waals surface area contributed by atoms with Crippen LogP contribution in [-0.2, 0) is 12.8 Å². The number of ether oxygens (including phenoxy) is 1. The summed E-state index contributed by atoms with van der Waals surface area (Å²) in [5.41, 5.74) is 3.67. The zero-order valence-electron chi connectivity index (χ0n) is 15.6. The van der Waals surface area contributed by atoms with Crippen molar-refractivity contribution in [3.8, 4) is 17.1 Å². The fourth-order valence-electron chi connectivity index (χ4n) is 3.75. The predicted octanol–water partition coefficient (Wildman–Crippen LogP) is 5.62. The number of methoxy groups -OCH3 is 1. The Kier molecular flexibility index (Phi) is 6.43. The molecule has 134 valence electrons. The van der Waals surface area contributed by atoms with Crippen LogP contribution in [0.2, 0.25) is 0 Å². The number of nitrogens with zero attached hydrogens (tertiary/aromatic N) is 2. The minimum absolute atomic E-state index is 0.824. The molecule has 1 aliphatic rings. The molecular formula is C22H30N2O. The summed E-state index contributed by atoms with van der Waals surface area (Å²) in [6.45, 7) is 2.28. The van der Waals surface area contributed by atoms with E-state index in [0.717, 1.165) is 35.9 Å². The Morgan fingerprint density at radius 1 is 1.08 bits per heavy atom. The van der Waals surface area contributed by atoms with Gasteiger partial charge in [0.2, 0.25) is 0 Å². The van der Waals surface area contributed by atoms with Gasteiger partial charge in [0.25, 0.3) is 0 Å². The van der Waals surface area contributed by atoms with Gasteiger partial charge in [-0.05, 0) is 55.0 Å². The molecule has 3 nitrogen and oxygen atoms in total. The lowest BCUT2D eigenvalue weighted by Crippen LogP contribution is -2.16. The lowest BCUT2D eigenvalue weighted by atomic mass is 9.84. The average Bonchev–Trinajstić information content (AvgIpc) is 2.67. The Hall–Kier alpha value is -1.90. The SMILES string of the molecule is CCCCCCCC1CCc2nc(-c3ccc(OC)cc3)ncc2C1. The van der Waals surface area contributed by atoms with Gasteiger partial charge in [0.15, 0.2) is 5.82 Å². The Bertz CT molecular complexity index is 666. The van der Waals surface area contributed by atoms with Crippen LogP contribution < -0.4 is 4.74 Å². The quantitative estimate of drug-likeness (QED) is 0.586. The van der Waals surface area contributed by atoms with Crippen LogP contribution in [0.3, 0.4) is 0 Å². The van der Waals surface area contributed by atoms with E-state index in [2.05, 4.69) is 18.1 Å². The topological polar surface area (TPSA) is 35.0 Å². The van der Waals surface area contributed by atoms with Gasteiger partial charge >= 0.3 is 0 Å². The van der Waals surface area contributed by atoms with Crippen LogP contribution in [0.15, 0.2) is 30.5 Å². The molecule has 1 heterocycles. The third kappa shape index (κ3) is 4.81. The van der Waals surface area contributed by atoms with Crippen molar-refractivity contribution in [1.29, 1.82) is 0 Å². The minimum Gasteiger partial charge on any atom is -0.497 e. The lowest BCUT2D eigenvalue weighted by molar-refractivity contribution is 0.400. The van der Waals surface area contributed by atoms with Crippen LogP contribution in [0.25, 0.3) is 11.4 Å². The zero-order chi connectivity index (χ0) is 17.5. The van der Waals surface area contributed by atoms with Gasteiger partial charge in [-0.2, -0.15) is 0 Å². The zero-order valence-corrected chi connectivity index (χ0v) is 15.6. The molecule has 1 aliphatic carbocycles. The first-order valence-corrected chi connectivity index (χ1v) is 9.79. The summed E-state index contributed by atoms with van der Waals surface area (Å²) in [6, 6.07) is 7.99. The summed E-state index contributed by atoms with van der Waals surface area (Å²) in [5.74, 6) is 2.52. The smallest absolute Gasteiger partial charge is 0.159 e. The van der Waals surface area contributed by atoms with Crippen molar-refractivity contribution in [3.63, 3.8) is 0 Å². The normalized spacial score (nSPS) is 16.5. The first-order valence-electron chi connectivity index (χ1n) is 9.79. The highest BCUT2D eigenvalue weighted by molar-refractivity contribution is 5.56. The molecule has 1 atom stereocenters. The van der Waals surface area contributed by atoms with Gasteiger partial charge < -0.3 is 4.74 Å². The second kappa shape index (κ2) is 8.98. The maximum absolute atomic E-state index is 5.22. The average molecular weight is 338 g/mol. The van der Waals surface area contributed by atoms with Crippen LogP contribution in [0.4, 0.5) is 0 Å². The van der Waals surface area contributed by atoms with Crippen molar-refractivity contribution < 1.29 is 4.74 Å². The van der Waals surface area contributed by atoms with Crippen LogP contribution >= 0.6 is 0 Å². The maximum atomic E-state index is 5.22. The second-order valence-corrected chi connectivity index (χ2v) is 7.21. The molecule has 1 aromatic carbocycles. The summed E-state index contributed by atoms with van der Waals surface area (Å²) in [6.07, 6.45) is 13.8. The summed E-state index contributed by atoms with van der Waals surface area (Å²) in [4.78, 5) is 9.46. The van der Waals surface area contributed by atoms with Crippen molar-refractivity contribution in [2.45, 2.75) is 64.7 Å². The summed E-state index contributed by atoms with van der Waals surface area (Å²) < 4.78 is 5.22. The number of unbranched alkanes of at least 4 members (excludes halogenated alkanes) is 4. The summed E-state index contributed by atoms with van der Waals surface area (Å²) >= 11 is 0. The third-order valence-corrected chi connectivity index (χ3v) is 5.32.